The van der Waals surface area contributed by atoms with Gasteiger partial charge >= 0.3 is 5.92 Å². The van der Waals surface area contributed by atoms with E-state index in [1.54, 1.807) is 23.8 Å². The number of aromatic nitrogens is 6. The molecule has 2 aromatic carbocycles. The lowest BCUT2D eigenvalue weighted by Crippen LogP contribution is -2.48. The van der Waals surface area contributed by atoms with E-state index in [-0.39, 0.29) is 11.6 Å². The molecule has 262 valence electrons. The molecular formula is C35H36F4N8O3. The van der Waals surface area contributed by atoms with Crippen LogP contribution in [-0.4, -0.2) is 72.3 Å². The number of aliphatic hydroxyl groups is 2. The van der Waals surface area contributed by atoms with Crippen molar-refractivity contribution >= 4 is 11.4 Å². The molecule has 1 aliphatic rings. The van der Waals surface area contributed by atoms with Crippen LogP contribution in [0.25, 0.3) is 11.1 Å². The molecule has 0 saturated carbocycles. The molecule has 6 rings (SSSR count). The normalized spacial score (nSPS) is 16.2. The smallest absolute Gasteiger partial charge is 0.323 e. The number of hydrogen-bond donors (Lipinski definition) is 2. The Morgan fingerprint density at radius 2 is 1.58 bits per heavy atom. The van der Waals surface area contributed by atoms with Gasteiger partial charge in [0.25, 0.3) is 5.56 Å². The number of aliphatic hydroxyl groups excluding tert-OH is 1. The molecule has 0 spiro atoms. The molecular weight excluding hydrogens is 656 g/mol. The van der Waals surface area contributed by atoms with Crippen LogP contribution >= 0.6 is 0 Å². The van der Waals surface area contributed by atoms with E-state index in [1.165, 1.54) is 12.3 Å². The fourth-order valence-corrected chi connectivity index (χ4v) is 6.44. The van der Waals surface area contributed by atoms with Gasteiger partial charge in [0.1, 0.15) is 23.7 Å². The van der Waals surface area contributed by atoms with E-state index >= 15 is 8.78 Å². The number of alkyl halides is 2. The van der Waals surface area contributed by atoms with Crippen molar-refractivity contribution in [3.05, 3.63) is 119 Å². The van der Waals surface area contributed by atoms with Crippen LogP contribution in [0.4, 0.5) is 28.9 Å². The third-order valence-electron chi connectivity index (χ3n) is 9.24. The number of piperazine rings is 1. The molecule has 15 heteroatoms. The first kappa shape index (κ1) is 34.7. The van der Waals surface area contributed by atoms with Crippen molar-refractivity contribution in [3.63, 3.8) is 0 Å². The second-order valence-corrected chi connectivity index (χ2v) is 12.4. The van der Waals surface area contributed by atoms with Crippen molar-refractivity contribution in [2.24, 2.45) is 0 Å². The zero-order valence-electron chi connectivity index (χ0n) is 27.4. The quantitative estimate of drug-likeness (QED) is 0.193. The van der Waals surface area contributed by atoms with Gasteiger partial charge in [0.2, 0.25) is 0 Å². The Morgan fingerprint density at radius 1 is 0.900 bits per heavy atom. The Balaban J connectivity index is 1.15. The van der Waals surface area contributed by atoms with Gasteiger partial charge in [-0.1, -0.05) is 25.1 Å². The summed E-state index contributed by atoms with van der Waals surface area (Å²) in [6.07, 6.45) is 3.98. The summed E-state index contributed by atoms with van der Waals surface area (Å²) in [6.45, 7) is 5.48. The maximum absolute atomic E-state index is 16.1. The molecule has 11 nitrogen and oxygen atoms in total. The van der Waals surface area contributed by atoms with Crippen molar-refractivity contribution in [1.29, 1.82) is 0 Å². The number of pyridine rings is 2. The first-order valence-corrected chi connectivity index (χ1v) is 16.1. The molecule has 2 N–H and O–H groups in total. The number of tetrazole rings is 1. The van der Waals surface area contributed by atoms with Gasteiger partial charge in [-0.05, 0) is 65.7 Å². The Hall–Kier alpha value is -5.15. The summed E-state index contributed by atoms with van der Waals surface area (Å²) < 4.78 is 63.1. The van der Waals surface area contributed by atoms with Crippen LogP contribution in [0.2, 0.25) is 0 Å². The highest BCUT2D eigenvalue weighted by molar-refractivity contribution is 5.66. The number of hydrogen-bond acceptors (Lipinski definition) is 9. The molecule has 4 heterocycles. The molecule has 0 bridgehead atoms. The summed E-state index contributed by atoms with van der Waals surface area (Å²) in [4.78, 5) is 21.1. The second kappa shape index (κ2) is 14.0. The van der Waals surface area contributed by atoms with Crippen LogP contribution < -0.4 is 15.4 Å². The average Bonchev–Trinajstić information content (AvgIpc) is 3.62. The molecule has 0 radical (unpaired) electrons. The number of nitrogens with zero attached hydrogens (tertiary/aromatic N) is 8. The first-order valence-electron chi connectivity index (χ1n) is 16.1. The van der Waals surface area contributed by atoms with E-state index in [0.29, 0.717) is 49.8 Å². The van der Waals surface area contributed by atoms with E-state index < -0.39 is 47.1 Å². The molecule has 1 saturated heterocycles. The van der Waals surface area contributed by atoms with Gasteiger partial charge in [0, 0.05) is 73.2 Å². The Morgan fingerprint density at radius 3 is 2.14 bits per heavy atom. The maximum Gasteiger partial charge on any atom is 0.323 e. The summed E-state index contributed by atoms with van der Waals surface area (Å²) in [5, 5.41) is 31.8. The van der Waals surface area contributed by atoms with Gasteiger partial charge in [0.05, 0.1) is 18.7 Å². The molecule has 1 aliphatic heterocycles. The Bertz CT molecular complexity index is 1970. The molecule has 3 unspecified atom stereocenters. The summed E-state index contributed by atoms with van der Waals surface area (Å²) in [5.74, 6) is -6.51. The van der Waals surface area contributed by atoms with Crippen LogP contribution in [0.3, 0.4) is 0 Å². The largest absolute Gasteiger partial charge is 0.391 e. The molecule has 3 atom stereocenters. The predicted octanol–water partition coefficient (Wildman–Crippen LogP) is 4.51. The number of halogens is 4. The maximum atomic E-state index is 16.1. The molecule has 0 aliphatic carbocycles. The zero-order chi connectivity index (χ0) is 35.6. The Labute approximate surface area is 285 Å². The van der Waals surface area contributed by atoms with Crippen molar-refractivity contribution in [1.82, 2.24) is 29.8 Å². The molecule has 50 heavy (non-hydrogen) atoms. The van der Waals surface area contributed by atoms with E-state index in [0.717, 1.165) is 40.6 Å². The monoisotopic (exact) mass is 692 g/mol. The molecule has 1 fully saturated rings. The van der Waals surface area contributed by atoms with Crippen LogP contribution in [-0.2, 0) is 18.1 Å². The minimum atomic E-state index is -4.16. The predicted molar refractivity (Wildman–Crippen MR) is 178 cm³/mol. The third kappa shape index (κ3) is 6.70. The van der Waals surface area contributed by atoms with E-state index in [4.69, 9.17) is 0 Å². The van der Waals surface area contributed by atoms with Gasteiger partial charge in [-0.3, -0.25) is 9.78 Å². The lowest BCUT2D eigenvalue weighted by molar-refractivity contribution is -0.207. The van der Waals surface area contributed by atoms with E-state index in [2.05, 4.69) is 30.3 Å². The SMILES string of the molecule is CCC(C(C)O)n1ccc(N2CCN(c3ccc(-c4ccc(C(F)(F)C(O)(Cn5cnnn5)c5ccc(F)cc5F)nc4)cc3)CC2)cc1=O. The number of benzene rings is 2. The van der Waals surface area contributed by atoms with E-state index in [1.807, 2.05) is 37.3 Å². The number of rotatable bonds is 11. The van der Waals surface area contributed by atoms with Crippen LogP contribution in [0.15, 0.2) is 90.2 Å². The van der Waals surface area contributed by atoms with Gasteiger partial charge in [-0.25, -0.2) is 13.5 Å². The van der Waals surface area contributed by atoms with Crippen molar-refractivity contribution in [3.8, 4) is 11.1 Å². The highest BCUT2D eigenvalue weighted by atomic mass is 19.3. The highest BCUT2D eigenvalue weighted by Crippen LogP contribution is 2.47. The molecule has 0 amide bonds. The highest BCUT2D eigenvalue weighted by Gasteiger charge is 2.58. The molecule has 3 aromatic heterocycles. The van der Waals surface area contributed by atoms with Gasteiger partial charge < -0.3 is 24.6 Å². The van der Waals surface area contributed by atoms with Crippen LogP contribution in [0, 0.1) is 11.6 Å². The summed E-state index contributed by atoms with van der Waals surface area (Å²) in [5.41, 5.74) is -2.00. The minimum Gasteiger partial charge on any atom is -0.391 e. The standard InChI is InChI=1S/C35H36F4N8O3/c1-3-31(23(2)48)47-13-12-28(19-33(47)49)45-16-14-44(15-17-45)27-8-4-24(5-9-27)25-6-11-32(40-20-25)35(38,39)34(50,21-46-22-41-42-43-46)29-10-7-26(36)18-30(29)37/h4-13,18-20,22-23,31,48,50H,3,14-17,21H2,1-2H3. The Kier molecular flexibility index (Phi) is 9.71. The van der Waals surface area contributed by atoms with Crippen molar-refractivity contribution in [2.45, 2.75) is 50.5 Å². The molecule has 5 aromatic rings. The zero-order valence-corrected chi connectivity index (χ0v) is 27.4. The summed E-state index contributed by atoms with van der Waals surface area (Å²) in [6, 6.07) is 15.2. The topological polar surface area (TPSA) is 125 Å². The van der Waals surface area contributed by atoms with Crippen molar-refractivity contribution < 1.29 is 27.8 Å². The number of anilines is 2. The fourth-order valence-electron chi connectivity index (χ4n) is 6.44. The first-order chi connectivity index (χ1) is 23.9. The van der Waals surface area contributed by atoms with Crippen molar-refractivity contribution in [2.75, 3.05) is 36.0 Å². The van der Waals surface area contributed by atoms with E-state index in [9.17, 15) is 23.8 Å². The average molecular weight is 693 g/mol. The second-order valence-electron chi connectivity index (χ2n) is 12.4. The van der Waals surface area contributed by atoms with Crippen LogP contribution in [0.5, 0.6) is 0 Å². The minimum absolute atomic E-state index is 0.152. The van der Waals surface area contributed by atoms with Gasteiger partial charge in [-0.15, -0.1) is 5.10 Å². The third-order valence-corrected chi connectivity index (χ3v) is 9.24. The summed E-state index contributed by atoms with van der Waals surface area (Å²) in [7, 11) is 0. The fraction of sp³-hybridized carbons (Fsp3) is 0.343. The lowest BCUT2D eigenvalue weighted by Gasteiger charge is -2.37. The van der Waals surface area contributed by atoms with Gasteiger partial charge in [0.15, 0.2) is 5.60 Å². The summed E-state index contributed by atoms with van der Waals surface area (Å²) >= 11 is 0. The van der Waals surface area contributed by atoms with Crippen LogP contribution in [0.1, 0.15) is 37.6 Å². The van der Waals surface area contributed by atoms with Gasteiger partial charge in [-0.2, -0.15) is 8.78 Å². The lowest BCUT2D eigenvalue weighted by atomic mass is 9.84.